The molecule has 1 aromatic carbocycles. The average Bonchev–Trinajstić information content (AvgIpc) is 3.24. The fourth-order valence-corrected chi connectivity index (χ4v) is 3.50. The van der Waals surface area contributed by atoms with E-state index >= 15 is 0 Å². The maximum Gasteiger partial charge on any atom is 0.274 e. The molecule has 0 radical (unpaired) electrons. The van der Waals surface area contributed by atoms with Crippen molar-refractivity contribution in [2.75, 3.05) is 18.4 Å². The zero-order valence-corrected chi connectivity index (χ0v) is 16.3. The fourth-order valence-electron chi connectivity index (χ4n) is 3.50. The predicted octanol–water partition coefficient (Wildman–Crippen LogP) is 3.07. The number of pyridine rings is 1. The van der Waals surface area contributed by atoms with Gasteiger partial charge in [0.05, 0.1) is 5.69 Å². The molecule has 1 N–H and O–H groups in total. The topological polar surface area (TPSA) is 80.1 Å². The van der Waals surface area contributed by atoms with Crippen LogP contribution < -0.4 is 5.32 Å². The lowest BCUT2D eigenvalue weighted by atomic mass is 9.95. The van der Waals surface area contributed by atoms with E-state index in [1.807, 2.05) is 49.4 Å². The molecule has 0 unspecified atom stereocenters. The molecule has 7 nitrogen and oxygen atoms in total. The van der Waals surface area contributed by atoms with Gasteiger partial charge >= 0.3 is 0 Å². The molecule has 2 amide bonds. The molecule has 7 heteroatoms. The van der Waals surface area contributed by atoms with Gasteiger partial charge in [0.25, 0.3) is 5.91 Å². The Hall–Kier alpha value is -3.48. The second-order valence-corrected chi connectivity index (χ2v) is 7.26. The van der Waals surface area contributed by atoms with Crippen molar-refractivity contribution in [2.24, 2.45) is 5.92 Å². The van der Waals surface area contributed by atoms with E-state index in [0.29, 0.717) is 37.4 Å². The van der Waals surface area contributed by atoms with Gasteiger partial charge in [-0.05, 0) is 55.7 Å². The largest absolute Gasteiger partial charge is 0.337 e. The van der Waals surface area contributed by atoms with Crippen molar-refractivity contribution in [1.82, 2.24) is 19.7 Å². The molecule has 0 spiro atoms. The average molecular weight is 389 g/mol. The lowest BCUT2D eigenvalue weighted by Gasteiger charge is -2.30. The van der Waals surface area contributed by atoms with Gasteiger partial charge in [-0.15, -0.1) is 0 Å². The van der Waals surface area contributed by atoms with E-state index < -0.39 is 0 Å². The van der Waals surface area contributed by atoms with E-state index in [9.17, 15) is 9.59 Å². The van der Waals surface area contributed by atoms with Gasteiger partial charge in [-0.25, -0.2) is 9.67 Å². The minimum Gasteiger partial charge on any atom is -0.337 e. The summed E-state index contributed by atoms with van der Waals surface area (Å²) in [7, 11) is 0. The van der Waals surface area contributed by atoms with Crippen molar-refractivity contribution in [3.63, 3.8) is 0 Å². The second-order valence-electron chi connectivity index (χ2n) is 7.26. The van der Waals surface area contributed by atoms with Crippen molar-refractivity contribution in [3.8, 4) is 5.69 Å². The number of piperidine rings is 1. The molecule has 3 aromatic rings. The van der Waals surface area contributed by atoms with Gasteiger partial charge in [0.2, 0.25) is 5.91 Å². The number of aromatic nitrogens is 3. The molecule has 29 heavy (non-hydrogen) atoms. The summed E-state index contributed by atoms with van der Waals surface area (Å²) in [5, 5.41) is 7.29. The quantitative estimate of drug-likeness (QED) is 0.744. The zero-order valence-electron chi connectivity index (χ0n) is 16.3. The third kappa shape index (κ3) is 4.34. The van der Waals surface area contributed by atoms with Crippen LogP contribution in [0.3, 0.4) is 0 Å². The Morgan fingerprint density at radius 3 is 2.55 bits per heavy atom. The number of para-hydroxylation sites is 1. The molecule has 0 aliphatic carbocycles. The van der Waals surface area contributed by atoms with Crippen LogP contribution in [-0.4, -0.2) is 44.6 Å². The normalized spacial score (nSPS) is 14.6. The van der Waals surface area contributed by atoms with Crippen LogP contribution in [0.1, 0.15) is 28.9 Å². The first-order valence-corrected chi connectivity index (χ1v) is 9.74. The van der Waals surface area contributed by atoms with Gasteiger partial charge in [-0.2, -0.15) is 5.10 Å². The van der Waals surface area contributed by atoms with Crippen molar-refractivity contribution < 1.29 is 9.59 Å². The van der Waals surface area contributed by atoms with Gasteiger partial charge in [0, 0.05) is 31.4 Å². The first-order valence-electron chi connectivity index (χ1n) is 9.74. The van der Waals surface area contributed by atoms with Crippen molar-refractivity contribution >= 4 is 17.6 Å². The zero-order chi connectivity index (χ0) is 20.2. The summed E-state index contributed by atoms with van der Waals surface area (Å²) in [6, 6.07) is 15.1. The van der Waals surface area contributed by atoms with Gasteiger partial charge in [-0.1, -0.05) is 18.2 Å². The van der Waals surface area contributed by atoms with Gasteiger partial charge < -0.3 is 10.2 Å². The van der Waals surface area contributed by atoms with E-state index in [-0.39, 0.29) is 17.7 Å². The first kappa shape index (κ1) is 18.9. The molecular weight excluding hydrogens is 366 g/mol. The van der Waals surface area contributed by atoms with Gasteiger partial charge in [0.1, 0.15) is 5.82 Å². The Labute approximate surface area is 169 Å². The highest BCUT2D eigenvalue weighted by Gasteiger charge is 2.29. The highest BCUT2D eigenvalue weighted by Crippen LogP contribution is 2.21. The number of carbonyl (C=O) groups is 2. The molecular formula is C22H23N5O2. The van der Waals surface area contributed by atoms with E-state index in [4.69, 9.17) is 0 Å². The van der Waals surface area contributed by atoms with E-state index in [1.54, 1.807) is 28.0 Å². The fraction of sp³-hybridized carbons (Fsp3) is 0.273. The number of hydrogen-bond acceptors (Lipinski definition) is 4. The third-order valence-electron chi connectivity index (χ3n) is 5.15. The van der Waals surface area contributed by atoms with Gasteiger partial charge in [0.15, 0.2) is 5.69 Å². The van der Waals surface area contributed by atoms with Crippen molar-refractivity contribution in [2.45, 2.75) is 19.8 Å². The Balaban J connectivity index is 1.34. The number of benzene rings is 1. The maximum atomic E-state index is 12.8. The SMILES string of the molecule is Cc1ccnc(NC(=O)C2CCN(C(=O)c3ccn(-c4ccccc4)n3)CC2)c1. The number of amides is 2. The number of anilines is 1. The van der Waals surface area contributed by atoms with Crippen LogP contribution in [0, 0.1) is 12.8 Å². The molecule has 3 heterocycles. The highest BCUT2D eigenvalue weighted by molar-refractivity contribution is 5.94. The minimum atomic E-state index is -0.122. The Bertz CT molecular complexity index is 1010. The summed E-state index contributed by atoms with van der Waals surface area (Å²) in [4.78, 5) is 31.3. The number of likely N-dealkylation sites (tertiary alicyclic amines) is 1. The Morgan fingerprint density at radius 1 is 1.07 bits per heavy atom. The maximum absolute atomic E-state index is 12.8. The van der Waals surface area contributed by atoms with E-state index in [2.05, 4.69) is 15.4 Å². The summed E-state index contributed by atoms with van der Waals surface area (Å²) in [6.45, 7) is 3.03. The summed E-state index contributed by atoms with van der Waals surface area (Å²) in [6.07, 6.45) is 4.73. The molecule has 0 bridgehead atoms. The number of rotatable bonds is 4. The lowest BCUT2D eigenvalue weighted by Crippen LogP contribution is -2.41. The number of carbonyl (C=O) groups excluding carboxylic acids is 2. The van der Waals surface area contributed by atoms with Crippen LogP contribution in [-0.2, 0) is 4.79 Å². The van der Waals surface area contributed by atoms with Crippen LogP contribution >= 0.6 is 0 Å². The summed E-state index contributed by atoms with van der Waals surface area (Å²) in [5.41, 5.74) is 2.37. The molecule has 148 valence electrons. The number of nitrogens with zero attached hydrogens (tertiary/aromatic N) is 4. The molecule has 0 atom stereocenters. The Kier molecular flexibility index (Phi) is 5.37. The van der Waals surface area contributed by atoms with Crippen LogP contribution in [0.5, 0.6) is 0 Å². The van der Waals surface area contributed by atoms with Crippen LogP contribution in [0.25, 0.3) is 5.69 Å². The monoisotopic (exact) mass is 389 g/mol. The molecule has 4 rings (SSSR count). The Morgan fingerprint density at radius 2 is 1.83 bits per heavy atom. The molecule has 1 saturated heterocycles. The van der Waals surface area contributed by atoms with Gasteiger partial charge in [-0.3, -0.25) is 9.59 Å². The standard InChI is InChI=1S/C22H23N5O2/c1-16-7-11-23-20(15-16)24-21(28)17-8-12-26(13-9-17)22(29)19-10-14-27(25-19)18-5-3-2-4-6-18/h2-7,10-11,14-15,17H,8-9,12-13H2,1H3,(H,23,24,28). The summed E-state index contributed by atoms with van der Waals surface area (Å²) >= 11 is 0. The number of aryl methyl sites for hydroxylation is 1. The first-order chi connectivity index (χ1) is 14.1. The minimum absolute atomic E-state index is 0.0384. The van der Waals surface area contributed by atoms with Crippen molar-refractivity contribution in [3.05, 3.63) is 72.2 Å². The smallest absolute Gasteiger partial charge is 0.274 e. The number of nitrogens with one attached hydrogen (secondary N) is 1. The summed E-state index contributed by atoms with van der Waals surface area (Å²) in [5.74, 6) is 0.311. The number of hydrogen-bond donors (Lipinski definition) is 1. The highest BCUT2D eigenvalue weighted by atomic mass is 16.2. The van der Waals surface area contributed by atoms with E-state index in [0.717, 1.165) is 11.3 Å². The molecule has 1 aliphatic heterocycles. The predicted molar refractivity (Wildman–Crippen MR) is 110 cm³/mol. The lowest BCUT2D eigenvalue weighted by molar-refractivity contribution is -0.121. The van der Waals surface area contributed by atoms with E-state index in [1.165, 1.54) is 0 Å². The molecule has 0 saturated carbocycles. The molecule has 2 aromatic heterocycles. The third-order valence-corrected chi connectivity index (χ3v) is 5.15. The van der Waals surface area contributed by atoms with Crippen molar-refractivity contribution in [1.29, 1.82) is 0 Å². The molecule has 1 aliphatic rings. The second kappa shape index (κ2) is 8.26. The summed E-state index contributed by atoms with van der Waals surface area (Å²) < 4.78 is 1.70. The molecule has 1 fully saturated rings. The van der Waals surface area contributed by atoms with Crippen LogP contribution in [0.4, 0.5) is 5.82 Å². The van der Waals surface area contributed by atoms with Crippen LogP contribution in [0.2, 0.25) is 0 Å². The van der Waals surface area contributed by atoms with Crippen LogP contribution in [0.15, 0.2) is 60.9 Å².